The van der Waals surface area contributed by atoms with Crippen LogP contribution in [-0.2, 0) is 20.7 Å². The van der Waals surface area contributed by atoms with Crippen LogP contribution in [0.15, 0.2) is 24.3 Å². The number of hydrogen-bond acceptors (Lipinski definition) is 5. The Morgan fingerprint density at radius 2 is 2.40 bits per heavy atom. The topological polar surface area (TPSA) is 52.6 Å². The van der Waals surface area contributed by atoms with Crippen LogP contribution >= 0.6 is 11.3 Å². The first kappa shape index (κ1) is 13.4. The summed E-state index contributed by atoms with van der Waals surface area (Å²) in [7, 11) is 1.37. The van der Waals surface area contributed by atoms with E-state index in [0.717, 1.165) is 16.9 Å². The van der Waals surface area contributed by atoms with Gasteiger partial charge in [-0.15, -0.1) is 11.3 Å². The van der Waals surface area contributed by atoms with Crippen LogP contribution in [0.5, 0.6) is 0 Å². The van der Waals surface area contributed by atoms with Gasteiger partial charge in [-0.3, -0.25) is 4.79 Å². The third kappa shape index (κ3) is 1.97. The molecular weight excluding hydrogens is 276 g/mol. The minimum absolute atomic E-state index is 0.117. The predicted octanol–water partition coefficient (Wildman–Crippen LogP) is 2.59. The van der Waals surface area contributed by atoms with E-state index in [2.05, 4.69) is 6.58 Å². The Bertz CT molecular complexity index is 588. The van der Waals surface area contributed by atoms with Crippen molar-refractivity contribution < 1.29 is 19.1 Å². The van der Waals surface area contributed by atoms with Crippen molar-refractivity contribution in [2.75, 3.05) is 13.7 Å². The molecule has 2 atom stereocenters. The molecule has 3 rings (SSSR count). The lowest BCUT2D eigenvalue weighted by Crippen LogP contribution is -2.31. The van der Waals surface area contributed by atoms with Crippen LogP contribution in [-0.4, -0.2) is 25.7 Å². The second-order valence-electron chi connectivity index (χ2n) is 5.52. The molecule has 0 amide bonds. The van der Waals surface area contributed by atoms with E-state index in [1.165, 1.54) is 18.4 Å². The van der Waals surface area contributed by atoms with E-state index < -0.39 is 5.41 Å². The number of ether oxygens (including phenoxy) is 2. The lowest BCUT2D eigenvalue weighted by atomic mass is 9.77. The van der Waals surface area contributed by atoms with Crippen LogP contribution < -0.4 is 0 Å². The molecule has 0 radical (unpaired) electrons. The van der Waals surface area contributed by atoms with Crippen molar-refractivity contribution in [3.8, 4) is 0 Å². The number of carbonyl (C=O) groups is 2. The first-order valence-corrected chi connectivity index (χ1v) is 7.38. The average Bonchev–Trinajstić information content (AvgIpc) is 3.07. The highest BCUT2D eigenvalue weighted by atomic mass is 32.1. The number of cyclic esters (lactones) is 1. The van der Waals surface area contributed by atoms with Gasteiger partial charge in [0.2, 0.25) is 0 Å². The maximum atomic E-state index is 12.2. The zero-order valence-electron chi connectivity index (χ0n) is 11.3. The van der Waals surface area contributed by atoms with E-state index >= 15 is 0 Å². The third-order valence-electron chi connectivity index (χ3n) is 4.24. The van der Waals surface area contributed by atoms with Crippen LogP contribution in [0, 0.1) is 11.3 Å². The standard InChI is InChI=1S/C15H16O4S/c1-9-5-10-8-19-14(17)15(10,6-9)7-11-3-4-12(20-11)13(16)18-2/h3-4,10H,1,5-8H2,2H3. The maximum absolute atomic E-state index is 12.2. The highest BCUT2D eigenvalue weighted by Crippen LogP contribution is 2.52. The lowest BCUT2D eigenvalue weighted by molar-refractivity contribution is -0.146. The molecule has 2 unspecified atom stereocenters. The van der Waals surface area contributed by atoms with Crippen molar-refractivity contribution >= 4 is 23.3 Å². The van der Waals surface area contributed by atoms with Crippen molar-refractivity contribution in [1.82, 2.24) is 0 Å². The summed E-state index contributed by atoms with van der Waals surface area (Å²) in [5.74, 6) is -0.222. The molecule has 4 nitrogen and oxygen atoms in total. The Morgan fingerprint density at radius 3 is 3.15 bits per heavy atom. The Morgan fingerprint density at radius 1 is 1.60 bits per heavy atom. The van der Waals surface area contributed by atoms with Gasteiger partial charge < -0.3 is 9.47 Å². The molecule has 0 N–H and O–H groups in total. The summed E-state index contributed by atoms with van der Waals surface area (Å²) in [4.78, 5) is 25.2. The Kier molecular flexibility index (Phi) is 3.17. The first-order chi connectivity index (χ1) is 9.55. The molecule has 2 fully saturated rings. The van der Waals surface area contributed by atoms with Crippen LogP contribution in [0.4, 0.5) is 0 Å². The SMILES string of the molecule is C=C1CC2COC(=O)C2(Cc2ccc(C(=O)OC)s2)C1. The largest absolute Gasteiger partial charge is 0.465 e. The van der Waals surface area contributed by atoms with Crippen LogP contribution in [0.2, 0.25) is 0 Å². The summed E-state index contributed by atoms with van der Waals surface area (Å²) in [5, 5.41) is 0. The van der Waals surface area contributed by atoms with E-state index in [0.29, 0.717) is 24.3 Å². The van der Waals surface area contributed by atoms with Crippen molar-refractivity contribution in [3.63, 3.8) is 0 Å². The Labute approximate surface area is 121 Å². The van der Waals surface area contributed by atoms with Gasteiger partial charge in [0.05, 0.1) is 19.1 Å². The van der Waals surface area contributed by atoms with E-state index in [9.17, 15) is 9.59 Å². The van der Waals surface area contributed by atoms with Crippen molar-refractivity contribution in [2.45, 2.75) is 19.3 Å². The number of methoxy groups -OCH3 is 1. The number of esters is 2. The molecule has 1 aromatic heterocycles. The van der Waals surface area contributed by atoms with Gasteiger partial charge >= 0.3 is 11.9 Å². The fourth-order valence-corrected chi connectivity index (χ4v) is 4.31. The second-order valence-corrected chi connectivity index (χ2v) is 6.69. The molecule has 2 aliphatic rings. The number of fused-ring (bicyclic) bond motifs is 1. The monoisotopic (exact) mass is 292 g/mol. The number of rotatable bonds is 3. The van der Waals surface area contributed by atoms with E-state index in [1.807, 2.05) is 6.07 Å². The molecule has 0 spiro atoms. The molecule has 20 heavy (non-hydrogen) atoms. The Balaban J connectivity index is 1.86. The van der Waals surface area contributed by atoms with Gasteiger partial charge in [0.25, 0.3) is 0 Å². The van der Waals surface area contributed by atoms with Gasteiger partial charge in [-0.25, -0.2) is 4.79 Å². The molecule has 2 heterocycles. The number of allylic oxidation sites excluding steroid dienone is 1. The average molecular weight is 292 g/mol. The zero-order valence-corrected chi connectivity index (χ0v) is 12.1. The van der Waals surface area contributed by atoms with Gasteiger partial charge in [-0.05, 0) is 31.4 Å². The molecule has 0 aromatic carbocycles. The third-order valence-corrected chi connectivity index (χ3v) is 5.31. The number of hydrogen-bond donors (Lipinski definition) is 0. The summed E-state index contributed by atoms with van der Waals surface area (Å²) in [5.41, 5.74) is 0.659. The smallest absolute Gasteiger partial charge is 0.348 e. The normalized spacial score (nSPS) is 28.4. The van der Waals surface area contributed by atoms with Crippen molar-refractivity contribution in [3.05, 3.63) is 34.0 Å². The van der Waals surface area contributed by atoms with Crippen molar-refractivity contribution in [1.29, 1.82) is 0 Å². The number of thiophene rings is 1. The van der Waals surface area contributed by atoms with E-state index in [1.54, 1.807) is 6.07 Å². The molecule has 1 saturated heterocycles. The maximum Gasteiger partial charge on any atom is 0.348 e. The van der Waals surface area contributed by atoms with Crippen LogP contribution in [0.3, 0.4) is 0 Å². The number of carbonyl (C=O) groups excluding carboxylic acids is 2. The molecule has 0 bridgehead atoms. The lowest BCUT2D eigenvalue weighted by Gasteiger charge is -2.22. The summed E-state index contributed by atoms with van der Waals surface area (Å²) >= 11 is 1.39. The van der Waals surface area contributed by atoms with Gasteiger partial charge in [0.1, 0.15) is 4.88 Å². The highest BCUT2D eigenvalue weighted by Gasteiger charge is 2.56. The quantitative estimate of drug-likeness (QED) is 0.634. The zero-order chi connectivity index (χ0) is 14.3. The Hall–Kier alpha value is -1.62. The summed E-state index contributed by atoms with van der Waals surface area (Å²) in [6.45, 7) is 4.52. The molecule has 1 saturated carbocycles. The van der Waals surface area contributed by atoms with Gasteiger partial charge in [-0.1, -0.05) is 12.2 Å². The van der Waals surface area contributed by atoms with Crippen LogP contribution in [0.25, 0.3) is 0 Å². The van der Waals surface area contributed by atoms with Gasteiger partial charge in [-0.2, -0.15) is 0 Å². The minimum Gasteiger partial charge on any atom is -0.465 e. The molecule has 106 valence electrons. The molecule has 1 aliphatic carbocycles. The summed E-state index contributed by atoms with van der Waals surface area (Å²) in [6, 6.07) is 3.65. The van der Waals surface area contributed by atoms with E-state index in [4.69, 9.17) is 9.47 Å². The molecule has 1 aromatic rings. The first-order valence-electron chi connectivity index (χ1n) is 6.56. The van der Waals surface area contributed by atoms with E-state index in [-0.39, 0.29) is 17.9 Å². The minimum atomic E-state index is -0.463. The molecular formula is C15H16O4S. The summed E-state index contributed by atoms with van der Waals surface area (Å²) in [6.07, 6.45) is 2.18. The highest BCUT2D eigenvalue weighted by molar-refractivity contribution is 7.13. The second kappa shape index (κ2) is 4.74. The molecule has 5 heteroatoms. The van der Waals surface area contributed by atoms with Crippen LogP contribution in [0.1, 0.15) is 27.4 Å². The van der Waals surface area contributed by atoms with Gasteiger partial charge in [0, 0.05) is 10.8 Å². The predicted molar refractivity (Wildman–Crippen MR) is 74.6 cm³/mol. The fourth-order valence-electron chi connectivity index (χ4n) is 3.26. The fraction of sp³-hybridized carbons (Fsp3) is 0.467. The summed E-state index contributed by atoms with van der Waals surface area (Å²) < 4.78 is 9.96. The molecule has 1 aliphatic heterocycles. The van der Waals surface area contributed by atoms with Crippen molar-refractivity contribution in [2.24, 2.45) is 11.3 Å². The van der Waals surface area contributed by atoms with Gasteiger partial charge in [0.15, 0.2) is 0 Å².